The Morgan fingerprint density at radius 3 is 2.70 bits per heavy atom. The van der Waals surface area contributed by atoms with Gasteiger partial charge in [-0.05, 0) is 37.1 Å². The number of nitrogens with zero attached hydrogens (tertiary/aromatic N) is 1. The first-order valence-corrected chi connectivity index (χ1v) is 6.24. The summed E-state index contributed by atoms with van der Waals surface area (Å²) in [6.07, 6.45) is 3.25. The molecule has 104 valence electrons. The van der Waals surface area contributed by atoms with Crippen LogP contribution >= 0.6 is 0 Å². The molecule has 2 rings (SSSR count). The van der Waals surface area contributed by atoms with Gasteiger partial charge in [0.25, 0.3) is 5.91 Å². The number of amides is 1. The average Bonchev–Trinajstić information content (AvgIpc) is 2.41. The lowest BCUT2D eigenvalue weighted by Gasteiger charge is -2.14. The third-order valence-corrected chi connectivity index (χ3v) is 2.88. The summed E-state index contributed by atoms with van der Waals surface area (Å²) in [5.74, 6) is -0.800. The Kier molecular flexibility index (Phi) is 4.30. The largest absolute Gasteiger partial charge is 0.505 e. The highest BCUT2D eigenvalue weighted by Gasteiger charge is 2.13. The third-order valence-electron chi connectivity index (χ3n) is 2.88. The van der Waals surface area contributed by atoms with E-state index in [-0.39, 0.29) is 29.1 Å². The van der Waals surface area contributed by atoms with E-state index in [1.807, 2.05) is 6.92 Å². The number of nitrogens with one attached hydrogen (secondary N) is 1. The van der Waals surface area contributed by atoms with Crippen molar-refractivity contribution in [3.63, 3.8) is 0 Å². The standard InChI is InChI=1S/C15H15FN2O2/c1-10(8-11-2-4-12(16)5-3-11)18-15(20)13-6-7-17-9-14(13)19/h2-7,9-10,19H,8H2,1H3,(H,18,20). The van der Waals surface area contributed by atoms with Crippen molar-refractivity contribution < 1.29 is 14.3 Å². The molecule has 1 unspecified atom stereocenters. The predicted octanol–water partition coefficient (Wildman–Crippen LogP) is 2.29. The first-order chi connectivity index (χ1) is 9.56. The van der Waals surface area contributed by atoms with Crippen molar-refractivity contribution in [2.75, 3.05) is 0 Å². The number of hydrogen-bond donors (Lipinski definition) is 2. The molecule has 0 saturated heterocycles. The van der Waals surface area contributed by atoms with E-state index in [9.17, 15) is 14.3 Å². The monoisotopic (exact) mass is 274 g/mol. The number of pyridine rings is 1. The van der Waals surface area contributed by atoms with Crippen LogP contribution in [0.5, 0.6) is 5.75 Å². The van der Waals surface area contributed by atoms with Crippen LogP contribution in [0.15, 0.2) is 42.7 Å². The van der Waals surface area contributed by atoms with Crippen molar-refractivity contribution in [1.29, 1.82) is 0 Å². The Hall–Kier alpha value is -2.43. The Balaban J connectivity index is 1.98. The van der Waals surface area contributed by atoms with Crippen molar-refractivity contribution in [3.05, 3.63) is 59.7 Å². The molecule has 1 aromatic heterocycles. The second kappa shape index (κ2) is 6.14. The van der Waals surface area contributed by atoms with Crippen molar-refractivity contribution >= 4 is 5.91 Å². The topological polar surface area (TPSA) is 62.2 Å². The van der Waals surface area contributed by atoms with Gasteiger partial charge in [0.05, 0.1) is 11.8 Å². The molecule has 2 N–H and O–H groups in total. The van der Waals surface area contributed by atoms with Gasteiger partial charge < -0.3 is 10.4 Å². The fraction of sp³-hybridized carbons (Fsp3) is 0.200. The second-order valence-electron chi connectivity index (χ2n) is 4.60. The Bertz CT molecular complexity index is 599. The van der Waals surface area contributed by atoms with Gasteiger partial charge in [-0.1, -0.05) is 12.1 Å². The molecule has 0 spiro atoms. The fourth-order valence-corrected chi connectivity index (χ4v) is 1.90. The van der Waals surface area contributed by atoms with Gasteiger partial charge in [-0.2, -0.15) is 0 Å². The minimum atomic E-state index is -0.362. The molecule has 0 saturated carbocycles. The number of benzene rings is 1. The molecule has 1 aromatic carbocycles. The lowest BCUT2D eigenvalue weighted by molar-refractivity contribution is 0.0937. The lowest BCUT2D eigenvalue weighted by atomic mass is 10.1. The van der Waals surface area contributed by atoms with Gasteiger partial charge in [-0.25, -0.2) is 4.39 Å². The van der Waals surface area contributed by atoms with Gasteiger partial charge in [0.1, 0.15) is 11.6 Å². The number of halogens is 1. The molecule has 1 atom stereocenters. The summed E-state index contributed by atoms with van der Waals surface area (Å²) < 4.78 is 12.8. The number of rotatable bonds is 4. The average molecular weight is 274 g/mol. The minimum Gasteiger partial charge on any atom is -0.505 e. The van der Waals surface area contributed by atoms with Crippen molar-refractivity contribution in [2.24, 2.45) is 0 Å². The molecule has 0 aliphatic rings. The van der Waals surface area contributed by atoms with Crippen LogP contribution in [-0.4, -0.2) is 22.0 Å². The molecule has 4 nitrogen and oxygen atoms in total. The maximum Gasteiger partial charge on any atom is 0.255 e. The summed E-state index contributed by atoms with van der Waals surface area (Å²) in [5.41, 5.74) is 1.11. The lowest BCUT2D eigenvalue weighted by Crippen LogP contribution is -2.34. The summed E-state index contributed by atoms with van der Waals surface area (Å²) in [5, 5.41) is 12.3. The maximum atomic E-state index is 12.8. The van der Waals surface area contributed by atoms with E-state index in [1.54, 1.807) is 12.1 Å². The van der Waals surface area contributed by atoms with E-state index in [0.717, 1.165) is 5.56 Å². The van der Waals surface area contributed by atoms with E-state index >= 15 is 0 Å². The highest BCUT2D eigenvalue weighted by molar-refractivity contribution is 5.96. The summed E-state index contributed by atoms with van der Waals surface area (Å²) in [4.78, 5) is 15.7. The number of carbonyl (C=O) groups excluding carboxylic acids is 1. The van der Waals surface area contributed by atoms with Crippen LogP contribution in [0.2, 0.25) is 0 Å². The number of hydrogen-bond acceptors (Lipinski definition) is 3. The van der Waals surface area contributed by atoms with E-state index < -0.39 is 0 Å². The van der Waals surface area contributed by atoms with Gasteiger partial charge in [0, 0.05) is 12.2 Å². The summed E-state index contributed by atoms with van der Waals surface area (Å²) in [7, 11) is 0. The zero-order chi connectivity index (χ0) is 14.5. The summed E-state index contributed by atoms with van der Waals surface area (Å²) in [6, 6.07) is 7.46. The van der Waals surface area contributed by atoms with Crippen LogP contribution in [0.25, 0.3) is 0 Å². The molecule has 5 heteroatoms. The van der Waals surface area contributed by atoms with Crippen LogP contribution in [-0.2, 0) is 6.42 Å². The first-order valence-electron chi connectivity index (χ1n) is 6.24. The molecule has 0 aliphatic carbocycles. The van der Waals surface area contributed by atoms with E-state index in [4.69, 9.17) is 0 Å². The molecular formula is C15H15FN2O2. The number of aromatic nitrogens is 1. The zero-order valence-electron chi connectivity index (χ0n) is 11.0. The van der Waals surface area contributed by atoms with E-state index in [0.29, 0.717) is 6.42 Å². The molecule has 20 heavy (non-hydrogen) atoms. The van der Waals surface area contributed by atoms with Gasteiger partial charge in [0.15, 0.2) is 0 Å². The number of carbonyl (C=O) groups is 1. The van der Waals surface area contributed by atoms with Crippen molar-refractivity contribution in [1.82, 2.24) is 10.3 Å². The fourth-order valence-electron chi connectivity index (χ4n) is 1.90. The molecule has 1 amide bonds. The first kappa shape index (κ1) is 14.0. The molecular weight excluding hydrogens is 259 g/mol. The molecule has 2 aromatic rings. The quantitative estimate of drug-likeness (QED) is 0.899. The Labute approximate surface area is 116 Å². The summed E-state index contributed by atoms with van der Waals surface area (Å²) in [6.45, 7) is 1.85. The predicted molar refractivity (Wildman–Crippen MR) is 72.9 cm³/mol. The third kappa shape index (κ3) is 3.54. The van der Waals surface area contributed by atoms with Crippen molar-refractivity contribution in [2.45, 2.75) is 19.4 Å². The zero-order valence-corrected chi connectivity index (χ0v) is 11.0. The van der Waals surface area contributed by atoms with Crippen LogP contribution in [0.4, 0.5) is 4.39 Å². The van der Waals surface area contributed by atoms with Crippen LogP contribution in [0, 0.1) is 5.82 Å². The van der Waals surface area contributed by atoms with Crippen molar-refractivity contribution in [3.8, 4) is 5.75 Å². The second-order valence-corrected chi connectivity index (χ2v) is 4.60. The van der Waals surface area contributed by atoms with Gasteiger partial charge in [-0.15, -0.1) is 0 Å². The van der Waals surface area contributed by atoms with Gasteiger partial charge >= 0.3 is 0 Å². The van der Waals surface area contributed by atoms with Gasteiger partial charge in [0.2, 0.25) is 0 Å². The van der Waals surface area contributed by atoms with Gasteiger partial charge in [-0.3, -0.25) is 9.78 Å². The highest BCUT2D eigenvalue weighted by Crippen LogP contribution is 2.14. The molecule has 0 bridgehead atoms. The van der Waals surface area contributed by atoms with Crippen LogP contribution < -0.4 is 5.32 Å². The molecule has 0 aliphatic heterocycles. The minimum absolute atomic E-state index is 0.138. The molecule has 1 heterocycles. The van der Waals surface area contributed by atoms with Crippen LogP contribution in [0.1, 0.15) is 22.8 Å². The molecule has 0 radical (unpaired) electrons. The SMILES string of the molecule is CC(Cc1ccc(F)cc1)NC(=O)c1ccncc1O. The smallest absolute Gasteiger partial charge is 0.255 e. The Morgan fingerprint density at radius 2 is 2.05 bits per heavy atom. The highest BCUT2D eigenvalue weighted by atomic mass is 19.1. The number of aromatic hydroxyl groups is 1. The van der Waals surface area contributed by atoms with Crippen LogP contribution in [0.3, 0.4) is 0 Å². The summed E-state index contributed by atoms with van der Waals surface area (Å²) >= 11 is 0. The normalized spacial score (nSPS) is 11.9. The van der Waals surface area contributed by atoms with E-state index in [2.05, 4.69) is 10.3 Å². The maximum absolute atomic E-state index is 12.8. The Morgan fingerprint density at radius 1 is 1.35 bits per heavy atom. The van der Waals surface area contributed by atoms with E-state index in [1.165, 1.54) is 30.6 Å². The molecule has 0 fully saturated rings.